The molecule has 0 amide bonds. The van der Waals surface area contributed by atoms with E-state index in [-0.39, 0.29) is 0 Å². The summed E-state index contributed by atoms with van der Waals surface area (Å²) in [4.78, 5) is 15.7. The zero-order valence-electron chi connectivity index (χ0n) is 30.9. The number of hydrogen-bond acceptors (Lipinski definition) is 3. The molecule has 0 aliphatic rings. The molecule has 0 aliphatic heterocycles. The molecule has 0 aliphatic carbocycles. The van der Waals surface area contributed by atoms with Crippen molar-refractivity contribution in [3.63, 3.8) is 0 Å². The van der Waals surface area contributed by atoms with E-state index in [1.54, 1.807) is 0 Å². The van der Waals surface area contributed by atoms with Crippen molar-refractivity contribution in [2.24, 2.45) is 0 Å². The lowest BCUT2D eigenvalue weighted by Crippen LogP contribution is -2.04. The van der Waals surface area contributed by atoms with Crippen LogP contribution < -0.4 is 0 Å². The van der Waals surface area contributed by atoms with Crippen LogP contribution in [0.5, 0.6) is 0 Å². The fraction of sp³-hybridized carbons (Fsp3) is 0. The van der Waals surface area contributed by atoms with Gasteiger partial charge in [-0.3, -0.25) is 0 Å². The second kappa shape index (κ2) is 13.6. The molecule has 4 nitrogen and oxygen atoms in total. The summed E-state index contributed by atoms with van der Waals surface area (Å²) >= 11 is 0. The van der Waals surface area contributed by atoms with Crippen molar-refractivity contribution >= 4 is 43.4 Å². The molecule has 0 radical (unpaired) electrons. The van der Waals surface area contributed by atoms with Crippen molar-refractivity contribution in [2.45, 2.75) is 0 Å². The SMILES string of the molecule is c1ccc(-c2ccc(-c3nc(-c4ccccc4)nc(-c4ccc5c(ccc6ccccc65)c4)n3)c(-n3c4ccccc4c4c(-c5ccccc5)cccc43)c2)cc1. The first-order valence-corrected chi connectivity index (χ1v) is 19.3. The summed E-state index contributed by atoms with van der Waals surface area (Å²) < 4.78 is 2.39. The zero-order chi connectivity index (χ0) is 37.7. The molecule has 11 rings (SSSR count). The molecule has 11 aromatic rings. The van der Waals surface area contributed by atoms with Gasteiger partial charge in [-0.2, -0.15) is 0 Å². The van der Waals surface area contributed by atoms with Gasteiger partial charge in [-0.15, -0.1) is 0 Å². The van der Waals surface area contributed by atoms with Crippen LogP contribution in [-0.2, 0) is 0 Å². The third kappa shape index (κ3) is 5.66. The lowest BCUT2D eigenvalue weighted by Gasteiger charge is -2.17. The Morgan fingerprint density at radius 2 is 0.877 bits per heavy atom. The Hall–Kier alpha value is -7.69. The Morgan fingerprint density at radius 3 is 1.67 bits per heavy atom. The number of nitrogens with zero attached hydrogens (tertiary/aromatic N) is 4. The lowest BCUT2D eigenvalue weighted by atomic mass is 9.99. The van der Waals surface area contributed by atoms with Gasteiger partial charge >= 0.3 is 0 Å². The Labute approximate surface area is 330 Å². The van der Waals surface area contributed by atoms with Crippen molar-refractivity contribution in [3.8, 4) is 62.1 Å². The number of rotatable bonds is 6. The van der Waals surface area contributed by atoms with Crippen LogP contribution in [0.4, 0.5) is 0 Å². The quantitative estimate of drug-likeness (QED) is 0.160. The molecule has 57 heavy (non-hydrogen) atoms. The summed E-state index contributed by atoms with van der Waals surface area (Å²) in [7, 11) is 0. The molecule has 9 aromatic carbocycles. The number of aromatic nitrogens is 4. The fourth-order valence-electron chi connectivity index (χ4n) is 8.35. The molecule has 2 heterocycles. The monoisotopic (exact) mass is 726 g/mol. The molecule has 0 saturated carbocycles. The third-order valence-corrected chi connectivity index (χ3v) is 11.0. The van der Waals surface area contributed by atoms with Gasteiger partial charge in [0.15, 0.2) is 17.5 Å². The van der Waals surface area contributed by atoms with E-state index in [9.17, 15) is 0 Å². The summed E-state index contributed by atoms with van der Waals surface area (Å²) in [5.74, 6) is 1.86. The predicted molar refractivity (Wildman–Crippen MR) is 236 cm³/mol. The van der Waals surface area contributed by atoms with Gasteiger partial charge in [0, 0.05) is 27.5 Å². The van der Waals surface area contributed by atoms with Crippen LogP contribution in [0.2, 0.25) is 0 Å². The maximum Gasteiger partial charge on any atom is 0.166 e. The largest absolute Gasteiger partial charge is 0.308 e. The van der Waals surface area contributed by atoms with E-state index < -0.39 is 0 Å². The Morgan fingerprint density at radius 1 is 0.298 bits per heavy atom. The minimum absolute atomic E-state index is 0.609. The van der Waals surface area contributed by atoms with E-state index in [4.69, 9.17) is 15.0 Å². The first kappa shape index (κ1) is 32.7. The highest BCUT2D eigenvalue weighted by Crippen LogP contribution is 2.42. The van der Waals surface area contributed by atoms with E-state index in [1.165, 1.54) is 38.1 Å². The summed E-state index contributed by atoms with van der Waals surface area (Å²) in [6.45, 7) is 0. The molecule has 0 N–H and O–H groups in total. The standard InChI is InChI=1S/C53H34N4/c1-4-15-35(16-5-1)39-29-32-46(49(34-39)57-47-25-13-12-23-45(47)50-44(24-14-26-48(50)57)36-17-6-2-7-18-36)53-55-51(38-20-8-3-9-21-38)54-52(56-53)41-30-31-43-40(33-41)28-27-37-19-10-11-22-42(37)43/h1-34H. The molecule has 0 saturated heterocycles. The van der Waals surface area contributed by atoms with Gasteiger partial charge in [-0.1, -0.05) is 176 Å². The van der Waals surface area contributed by atoms with Gasteiger partial charge in [0.1, 0.15) is 0 Å². The molecule has 4 heteroatoms. The third-order valence-electron chi connectivity index (χ3n) is 11.0. The molecular weight excluding hydrogens is 693 g/mol. The van der Waals surface area contributed by atoms with E-state index >= 15 is 0 Å². The topological polar surface area (TPSA) is 43.6 Å². The maximum absolute atomic E-state index is 5.33. The predicted octanol–water partition coefficient (Wildman–Crippen LogP) is 13.6. The molecule has 0 bridgehead atoms. The summed E-state index contributed by atoms with van der Waals surface area (Å²) in [5.41, 5.74) is 10.6. The average molecular weight is 727 g/mol. The van der Waals surface area contributed by atoms with E-state index in [1.807, 2.05) is 18.2 Å². The van der Waals surface area contributed by atoms with Crippen molar-refractivity contribution in [1.29, 1.82) is 0 Å². The van der Waals surface area contributed by atoms with E-state index in [0.717, 1.165) is 49.9 Å². The van der Waals surface area contributed by atoms with Crippen LogP contribution in [0.25, 0.3) is 105 Å². The fourth-order valence-corrected chi connectivity index (χ4v) is 8.35. The Kier molecular flexibility index (Phi) is 7.78. The minimum atomic E-state index is 0.609. The first-order valence-electron chi connectivity index (χ1n) is 19.3. The van der Waals surface area contributed by atoms with Crippen molar-refractivity contribution in [2.75, 3.05) is 0 Å². The summed E-state index contributed by atoms with van der Waals surface area (Å²) in [5, 5.41) is 7.19. The smallest absolute Gasteiger partial charge is 0.166 e. The second-order valence-electron chi connectivity index (χ2n) is 14.4. The number of hydrogen-bond donors (Lipinski definition) is 0. The van der Waals surface area contributed by atoms with Crippen LogP contribution in [-0.4, -0.2) is 19.5 Å². The minimum Gasteiger partial charge on any atom is -0.308 e. The van der Waals surface area contributed by atoms with Gasteiger partial charge in [-0.25, -0.2) is 15.0 Å². The molecule has 2 aromatic heterocycles. The molecule has 0 unspecified atom stereocenters. The van der Waals surface area contributed by atoms with Crippen molar-refractivity contribution in [3.05, 3.63) is 206 Å². The van der Waals surface area contributed by atoms with Crippen LogP contribution in [0.1, 0.15) is 0 Å². The number of fused-ring (bicyclic) bond motifs is 6. The maximum atomic E-state index is 5.33. The Balaban J connectivity index is 1.19. The van der Waals surface area contributed by atoms with E-state index in [2.05, 4.69) is 193 Å². The zero-order valence-corrected chi connectivity index (χ0v) is 30.9. The van der Waals surface area contributed by atoms with Crippen LogP contribution in [0.3, 0.4) is 0 Å². The van der Waals surface area contributed by atoms with Crippen molar-refractivity contribution in [1.82, 2.24) is 19.5 Å². The van der Waals surface area contributed by atoms with Gasteiger partial charge in [-0.05, 0) is 74.1 Å². The number of benzene rings is 9. The van der Waals surface area contributed by atoms with Crippen LogP contribution >= 0.6 is 0 Å². The highest BCUT2D eigenvalue weighted by molar-refractivity contribution is 6.16. The Bertz CT molecular complexity index is 3280. The molecule has 0 spiro atoms. The van der Waals surface area contributed by atoms with Crippen LogP contribution in [0.15, 0.2) is 206 Å². The molecule has 0 atom stereocenters. The summed E-state index contributed by atoms with van der Waals surface area (Å²) in [6, 6.07) is 72.9. The van der Waals surface area contributed by atoms with Gasteiger partial charge in [0.25, 0.3) is 0 Å². The lowest BCUT2D eigenvalue weighted by molar-refractivity contribution is 1.06. The van der Waals surface area contributed by atoms with Gasteiger partial charge in [0.2, 0.25) is 0 Å². The molecule has 266 valence electrons. The average Bonchev–Trinajstić information content (AvgIpc) is 3.64. The normalized spacial score (nSPS) is 11.5. The first-order chi connectivity index (χ1) is 28.3. The van der Waals surface area contributed by atoms with Gasteiger partial charge < -0.3 is 4.57 Å². The summed E-state index contributed by atoms with van der Waals surface area (Å²) in [6.07, 6.45) is 0. The molecule has 0 fully saturated rings. The highest BCUT2D eigenvalue weighted by Gasteiger charge is 2.22. The van der Waals surface area contributed by atoms with Crippen molar-refractivity contribution < 1.29 is 0 Å². The number of para-hydroxylation sites is 1. The second-order valence-corrected chi connectivity index (χ2v) is 14.4. The highest BCUT2D eigenvalue weighted by atomic mass is 15.1. The van der Waals surface area contributed by atoms with E-state index in [0.29, 0.717) is 17.5 Å². The van der Waals surface area contributed by atoms with Crippen LogP contribution in [0, 0.1) is 0 Å². The molecular formula is C53H34N4. The van der Waals surface area contributed by atoms with Gasteiger partial charge in [0.05, 0.1) is 16.7 Å².